The van der Waals surface area contributed by atoms with Crippen LogP contribution in [0.5, 0.6) is 0 Å². The summed E-state index contributed by atoms with van der Waals surface area (Å²) in [7, 11) is 0. The molecule has 1 aromatic heterocycles. The van der Waals surface area contributed by atoms with E-state index in [1.54, 1.807) is 19.9 Å². The van der Waals surface area contributed by atoms with Crippen LogP contribution >= 0.6 is 0 Å². The zero-order valence-corrected chi connectivity index (χ0v) is 10.4. The van der Waals surface area contributed by atoms with Crippen LogP contribution in [0.15, 0.2) is 18.7 Å². The van der Waals surface area contributed by atoms with Crippen molar-refractivity contribution in [3.8, 4) is 0 Å². The number of hydrogen-bond donors (Lipinski definition) is 1. The van der Waals surface area contributed by atoms with Crippen LogP contribution in [0, 0.1) is 23.0 Å². The summed E-state index contributed by atoms with van der Waals surface area (Å²) in [6.45, 7) is 7.68. The van der Waals surface area contributed by atoms with Crippen LogP contribution in [0.4, 0.5) is 5.82 Å². The van der Waals surface area contributed by atoms with E-state index in [-0.39, 0.29) is 17.6 Å². The van der Waals surface area contributed by atoms with E-state index >= 15 is 0 Å². The molecule has 1 heterocycles. The summed E-state index contributed by atoms with van der Waals surface area (Å²) in [4.78, 5) is 21.6. The van der Waals surface area contributed by atoms with Gasteiger partial charge in [0.15, 0.2) is 0 Å². The minimum Gasteiger partial charge on any atom is -0.358 e. The van der Waals surface area contributed by atoms with E-state index in [1.807, 2.05) is 0 Å². The normalized spacial score (nSPS) is 11.9. The lowest BCUT2D eigenvalue weighted by molar-refractivity contribution is -0.389. The van der Waals surface area contributed by atoms with Gasteiger partial charge in [0.2, 0.25) is 5.91 Å². The van der Waals surface area contributed by atoms with Gasteiger partial charge in [-0.3, -0.25) is 4.79 Å². The third-order valence-corrected chi connectivity index (χ3v) is 2.47. The summed E-state index contributed by atoms with van der Waals surface area (Å²) in [6, 6.07) is 1.38. The second-order valence-electron chi connectivity index (χ2n) is 4.02. The second-order valence-corrected chi connectivity index (χ2v) is 4.02. The number of carbonyl (C=O) groups is 1. The molecule has 7 heteroatoms. The molecule has 98 valence electrons. The highest BCUT2D eigenvalue weighted by atomic mass is 16.6. The van der Waals surface area contributed by atoms with Gasteiger partial charge in [0, 0.05) is 6.54 Å². The van der Waals surface area contributed by atoms with Gasteiger partial charge in [-0.05, 0) is 11.8 Å². The number of nitrogens with zero attached hydrogens (tertiary/aromatic N) is 3. The lowest BCUT2D eigenvalue weighted by Crippen LogP contribution is -2.32. The van der Waals surface area contributed by atoms with Gasteiger partial charge in [0.05, 0.1) is 29.3 Å². The fourth-order valence-electron chi connectivity index (χ4n) is 1.46. The van der Waals surface area contributed by atoms with Crippen LogP contribution in [0.3, 0.4) is 0 Å². The average Bonchev–Trinajstić information content (AvgIpc) is 2.68. The number of carbonyl (C=O) groups excluding carboxylic acids is 1. The molecule has 7 nitrogen and oxygen atoms in total. The maximum absolute atomic E-state index is 11.6. The fraction of sp³-hybridized carbons (Fsp3) is 0.455. The van der Waals surface area contributed by atoms with E-state index in [2.05, 4.69) is 17.0 Å². The van der Waals surface area contributed by atoms with Crippen LogP contribution in [-0.2, 0) is 11.3 Å². The van der Waals surface area contributed by atoms with E-state index in [0.29, 0.717) is 18.8 Å². The maximum atomic E-state index is 11.6. The highest BCUT2D eigenvalue weighted by molar-refractivity contribution is 5.78. The van der Waals surface area contributed by atoms with Gasteiger partial charge in [-0.15, -0.1) is 6.58 Å². The Morgan fingerprint density at radius 1 is 1.78 bits per heavy atom. The van der Waals surface area contributed by atoms with Gasteiger partial charge in [0.25, 0.3) is 0 Å². The van der Waals surface area contributed by atoms with Crippen LogP contribution < -0.4 is 5.32 Å². The molecule has 0 bridgehead atoms. The standard InChI is InChI=1S/C11H16N4O3/c1-4-5-12-11(16)8(2)7-14-9(3)6-10(13-14)15(17)18/h4,6,8H,1,5,7H2,2-3H3,(H,12,16)/t8-/m1/s1. The second kappa shape index (κ2) is 5.95. The number of nitrogens with one attached hydrogen (secondary N) is 1. The summed E-state index contributed by atoms with van der Waals surface area (Å²) in [5, 5.41) is 17.1. The number of hydrogen-bond acceptors (Lipinski definition) is 4. The van der Waals surface area contributed by atoms with E-state index in [1.165, 1.54) is 10.7 Å². The molecule has 0 unspecified atom stereocenters. The molecule has 0 spiro atoms. The Morgan fingerprint density at radius 3 is 2.94 bits per heavy atom. The largest absolute Gasteiger partial charge is 0.390 e. The van der Waals surface area contributed by atoms with Crippen molar-refractivity contribution in [2.24, 2.45) is 5.92 Å². The van der Waals surface area contributed by atoms with Crippen LogP contribution in [0.2, 0.25) is 0 Å². The fourth-order valence-corrected chi connectivity index (χ4v) is 1.46. The Hall–Kier alpha value is -2.18. The first-order valence-corrected chi connectivity index (χ1v) is 5.53. The Balaban J connectivity index is 2.69. The van der Waals surface area contributed by atoms with E-state index in [9.17, 15) is 14.9 Å². The molecule has 18 heavy (non-hydrogen) atoms. The van der Waals surface area contributed by atoms with Crippen molar-refractivity contribution in [1.29, 1.82) is 0 Å². The van der Waals surface area contributed by atoms with Gasteiger partial charge in [-0.25, -0.2) is 0 Å². The Bertz CT molecular complexity index is 467. The molecule has 1 N–H and O–H groups in total. The van der Waals surface area contributed by atoms with Gasteiger partial charge < -0.3 is 15.4 Å². The van der Waals surface area contributed by atoms with Crippen molar-refractivity contribution in [1.82, 2.24) is 15.1 Å². The molecule has 0 aliphatic heterocycles. The highest BCUT2D eigenvalue weighted by Gasteiger charge is 2.20. The maximum Gasteiger partial charge on any atom is 0.390 e. The lowest BCUT2D eigenvalue weighted by atomic mass is 10.1. The summed E-state index contributed by atoms with van der Waals surface area (Å²) in [6.07, 6.45) is 1.59. The third kappa shape index (κ3) is 3.41. The Labute approximate surface area is 105 Å². The molecule has 0 saturated heterocycles. The first-order valence-electron chi connectivity index (χ1n) is 5.53. The summed E-state index contributed by atoms with van der Waals surface area (Å²) in [5.41, 5.74) is 0.657. The quantitative estimate of drug-likeness (QED) is 0.465. The lowest BCUT2D eigenvalue weighted by Gasteiger charge is -2.10. The van der Waals surface area contributed by atoms with Crippen LogP contribution in [0.1, 0.15) is 12.6 Å². The number of nitro groups is 1. The molecule has 1 atom stereocenters. The predicted molar refractivity (Wildman–Crippen MR) is 66.0 cm³/mol. The first-order chi connectivity index (χ1) is 8.45. The van der Waals surface area contributed by atoms with E-state index in [0.717, 1.165) is 0 Å². The molecule has 0 aromatic carbocycles. The van der Waals surface area contributed by atoms with Gasteiger partial charge in [-0.1, -0.05) is 13.0 Å². The molecule has 1 aromatic rings. The molecule has 1 amide bonds. The van der Waals surface area contributed by atoms with Crippen molar-refractivity contribution in [3.63, 3.8) is 0 Å². The molecular formula is C11H16N4O3. The number of rotatable bonds is 6. The van der Waals surface area contributed by atoms with Gasteiger partial charge in [0.1, 0.15) is 0 Å². The van der Waals surface area contributed by atoms with Crippen molar-refractivity contribution >= 4 is 11.7 Å². The van der Waals surface area contributed by atoms with E-state index < -0.39 is 4.92 Å². The predicted octanol–water partition coefficient (Wildman–Crippen LogP) is 1.04. The molecule has 0 radical (unpaired) electrons. The SMILES string of the molecule is C=CCNC(=O)[C@H](C)Cn1nc([N+](=O)[O-])cc1C. The van der Waals surface area contributed by atoms with Crippen LogP contribution in [-0.4, -0.2) is 27.2 Å². The minimum atomic E-state index is -0.550. The number of aromatic nitrogens is 2. The number of amides is 1. The molecule has 1 rings (SSSR count). The minimum absolute atomic E-state index is 0.132. The average molecular weight is 252 g/mol. The molecule has 0 aliphatic carbocycles. The summed E-state index contributed by atoms with van der Waals surface area (Å²) < 4.78 is 1.47. The molecule has 0 fully saturated rings. The van der Waals surface area contributed by atoms with Crippen molar-refractivity contribution < 1.29 is 9.72 Å². The van der Waals surface area contributed by atoms with Crippen LogP contribution in [0.25, 0.3) is 0 Å². The summed E-state index contributed by atoms with van der Waals surface area (Å²) in [5.74, 6) is -0.651. The van der Waals surface area contributed by atoms with Crippen molar-refractivity contribution in [2.75, 3.05) is 6.54 Å². The topological polar surface area (TPSA) is 90.1 Å². The highest BCUT2D eigenvalue weighted by Crippen LogP contribution is 2.12. The zero-order chi connectivity index (χ0) is 13.7. The first kappa shape index (κ1) is 13.9. The Kier molecular flexibility index (Phi) is 4.59. The molecular weight excluding hydrogens is 236 g/mol. The third-order valence-electron chi connectivity index (χ3n) is 2.47. The van der Waals surface area contributed by atoms with Crippen molar-refractivity contribution in [2.45, 2.75) is 20.4 Å². The van der Waals surface area contributed by atoms with E-state index in [4.69, 9.17) is 0 Å². The molecule has 0 saturated carbocycles. The monoisotopic (exact) mass is 252 g/mol. The van der Waals surface area contributed by atoms with Gasteiger partial charge >= 0.3 is 5.82 Å². The van der Waals surface area contributed by atoms with Gasteiger partial charge in [-0.2, -0.15) is 4.68 Å². The van der Waals surface area contributed by atoms with Crippen molar-refractivity contribution in [3.05, 3.63) is 34.5 Å². The number of aryl methyl sites for hydroxylation is 1. The summed E-state index contributed by atoms with van der Waals surface area (Å²) >= 11 is 0. The Morgan fingerprint density at radius 2 is 2.44 bits per heavy atom. The smallest absolute Gasteiger partial charge is 0.358 e. The molecule has 0 aliphatic rings. The zero-order valence-electron chi connectivity index (χ0n) is 10.4.